The third kappa shape index (κ3) is 4.97. The number of sulfone groups is 1. The molecule has 1 amide bonds. The van der Waals surface area contributed by atoms with Crippen molar-refractivity contribution in [1.29, 1.82) is 0 Å². The van der Waals surface area contributed by atoms with Gasteiger partial charge < -0.3 is 10.1 Å². The molecule has 1 aliphatic rings. The van der Waals surface area contributed by atoms with Gasteiger partial charge in [-0.15, -0.1) is 0 Å². The Hall–Kier alpha value is -1.56. The van der Waals surface area contributed by atoms with Crippen molar-refractivity contribution >= 4 is 15.7 Å². The largest absolute Gasteiger partial charge is 0.493 e. The second-order valence-corrected chi connectivity index (χ2v) is 9.22. The third-order valence-corrected chi connectivity index (χ3v) is 6.33. The molecule has 6 heteroatoms. The Kier molecular flexibility index (Phi) is 5.91. The number of benzene rings is 1. The Bertz CT molecular complexity index is 706. The lowest BCUT2D eigenvalue weighted by molar-refractivity contribution is -0.121. The van der Waals surface area contributed by atoms with Crippen LogP contribution in [0.2, 0.25) is 0 Å². The van der Waals surface area contributed by atoms with E-state index < -0.39 is 9.84 Å². The number of hydrogen-bond acceptors (Lipinski definition) is 4. The Labute approximate surface area is 144 Å². The van der Waals surface area contributed by atoms with Crippen LogP contribution in [0.15, 0.2) is 12.1 Å². The van der Waals surface area contributed by atoms with Gasteiger partial charge in [0.2, 0.25) is 5.91 Å². The van der Waals surface area contributed by atoms with Gasteiger partial charge in [0, 0.05) is 12.8 Å². The van der Waals surface area contributed by atoms with Crippen LogP contribution >= 0.6 is 0 Å². The minimum atomic E-state index is -2.93. The van der Waals surface area contributed by atoms with E-state index in [0.717, 1.165) is 16.9 Å². The van der Waals surface area contributed by atoms with Crippen LogP contribution in [0.1, 0.15) is 36.0 Å². The molecule has 0 saturated heterocycles. The molecule has 0 radical (unpaired) electrons. The van der Waals surface area contributed by atoms with Crippen molar-refractivity contribution in [2.24, 2.45) is 5.92 Å². The predicted octanol–water partition coefficient (Wildman–Crippen LogP) is 2.32. The molecular weight excluding hydrogens is 326 g/mol. The van der Waals surface area contributed by atoms with E-state index in [-0.39, 0.29) is 17.1 Å². The van der Waals surface area contributed by atoms with Crippen LogP contribution in [-0.4, -0.2) is 39.0 Å². The zero-order valence-electron chi connectivity index (χ0n) is 14.9. The molecule has 0 aliphatic heterocycles. The number of ether oxygens (including phenoxy) is 1. The summed E-state index contributed by atoms with van der Waals surface area (Å²) < 4.78 is 28.4. The Balaban J connectivity index is 1.68. The maximum atomic E-state index is 11.9. The summed E-state index contributed by atoms with van der Waals surface area (Å²) in [5.41, 5.74) is 3.42. The smallest absolute Gasteiger partial charge is 0.223 e. The number of nitrogens with one attached hydrogen (secondary N) is 1. The van der Waals surface area contributed by atoms with Crippen molar-refractivity contribution in [1.82, 2.24) is 5.32 Å². The van der Waals surface area contributed by atoms with Gasteiger partial charge in [0.25, 0.3) is 0 Å². The predicted molar refractivity (Wildman–Crippen MR) is 95.1 cm³/mol. The van der Waals surface area contributed by atoms with Crippen molar-refractivity contribution in [2.45, 2.75) is 45.3 Å². The van der Waals surface area contributed by atoms with E-state index >= 15 is 0 Å². The highest BCUT2D eigenvalue weighted by atomic mass is 32.2. The molecule has 0 atom stereocenters. The summed E-state index contributed by atoms with van der Waals surface area (Å²) in [6.07, 6.45) is 2.88. The highest BCUT2D eigenvalue weighted by Crippen LogP contribution is 2.31. The minimum absolute atomic E-state index is 0.0557. The SMILES string of the molecule is Cc1cc(C)c(C)c(OCCC(=O)NCC2CC(S(C)(=O)=O)C2)c1. The molecule has 0 bridgehead atoms. The van der Waals surface area contributed by atoms with Gasteiger partial charge in [-0.25, -0.2) is 8.42 Å². The first-order chi connectivity index (χ1) is 11.2. The highest BCUT2D eigenvalue weighted by molar-refractivity contribution is 7.91. The van der Waals surface area contributed by atoms with Crippen LogP contribution in [0.3, 0.4) is 0 Å². The Morgan fingerprint density at radius 3 is 2.54 bits per heavy atom. The van der Waals surface area contributed by atoms with Crippen LogP contribution in [0, 0.1) is 26.7 Å². The van der Waals surface area contributed by atoms with E-state index in [9.17, 15) is 13.2 Å². The summed E-state index contributed by atoms with van der Waals surface area (Å²) in [5.74, 6) is 1.05. The zero-order chi connectivity index (χ0) is 17.9. The molecule has 0 unspecified atom stereocenters. The number of amides is 1. The molecule has 2 rings (SSSR count). The van der Waals surface area contributed by atoms with Gasteiger partial charge >= 0.3 is 0 Å². The maximum absolute atomic E-state index is 11.9. The topological polar surface area (TPSA) is 72.5 Å². The van der Waals surface area contributed by atoms with Crippen molar-refractivity contribution in [3.63, 3.8) is 0 Å². The number of rotatable bonds is 7. The van der Waals surface area contributed by atoms with Gasteiger partial charge in [0.05, 0.1) is 18.3 Å². The van der Waals surface area contributed by atoms with Crippen LogP contribution in [0.5, 0.6) is 5.75 Å². The molecule has 0 spiro atoms. The Morgan fingerprint density at radius 2 is 1.92 bits per heavy atom. The summed E-state index contributed by atoms with van der Waals surface area (Å²) in [6, 6.07) is 4.09. The first-order valence-electron chi connectivity index (χ1n) is 8.33. The number of carbonyl (C=O) groups is 1. The summed E-state index contributed by atoms with van der Waals surface area (Å²) in [5, 5.41) is 2.64. The number of aryl methyl sites for hydroxylation is 2. The van der Waals surface area contributed by atoms with Gasteiger partial charge in [0.1, 0.15) is 15.6 Å². The summed E-state index contributed by atoms with van der Waals surface area (Å²) in [6.45, 7) is 6.97. The molecule has 0 aromatic heterocycles. The lowest BCUT2D eigenvalue weighted by atomic mass is 9.85. The fourth-order valence-corrected chi connectivity index (χ4v) is 4.19. The molecule has 5 nitrogen and oxygen atoms in total. The van der Waals surface area contributed by atoms with Crippen LogP contribution in [0.25, 0.3) is 0 Å². The quantitative estimate of drug-likeness (QED) is 0.816. The van der Waals surface area contributed by atoms with Crippen LogP contribution < -0.4 is 10.1 Å². The summed E-state index contributed by atoms with van der Waals surface area (Å²) >= 11 is 0. The molecule has 0 heterocycles. The number of hydrogen-bond donors (Lipinski definition) is 1. The van der Waals surface area contributed by atoms with E-state index in [2.05, 4.69) is 11.4 Å². The fourth-order valence-electron chi connectivity index (χ4n) is 2.94. The lowest BCUT2D eigenvalue weighted by Gasteiger charge is -2.33. The monoisotopic (exact) mass is 353 g/mol. The van der Waals surface area contributed by atoms with Crippen molar-refractivity contribution in [2.75, 3.05) is 19.4 Å². The molecule has 1 aliphatic carbocycles. The van der Waals surface area contributed by atoms with Gasteiger partial charge in [-0.2, -0.15) is 0 Å². The lowest BCUT2D eigenvalue weighted by Crippen LogP contribution is -2.42. The van der Waals surface area contributed by atoms with Gasteiger partial charge in [-0.1, -0.05) is 6.07 Å². The van der Waals surface area contributed by atoms with E-state index in [1.165, 1.54) is 11.8 Å². The van der Waals surface area contributed by atoms with E-state index in [0.29, 0.717) is 32.4 Å². The second-order valence-electron chi connectivity index (χ2n) is 6.90. The molecule has 1 aromatic carbocycles. The van der Waals surface area contributed by atoms with E-state index in [1.54, 1.807) is 0 Å². The first kappa shape index (κ1) is 18.8. The van der Waals surface area contributed by atoms with Gasteiger partial charge in [-0.05, 0) is 62.3 Å². The van der Waals surface area contributed by atoms with Gasteiger partial charge in [-0.3, -0.25) is 4.79 Å². The first-order valence-corrected chi connectivity index (χ1v) is 10.3. The molecule has 1 N–H and O–H groups in total. The van der Waals surface area contributed by atoms with Crippen LogP contribution in [-0.2, 0) is 14.6 Å². The highest BCUT2D eigenvalue weighted by Gasteiger charge is 2.35. The third-order valence-electron chi connectivity index (χ3n) is 4.74. The van der Waals surface area contributed by atoms with Crippen molar-refractivity contribution in [3.8, 4) is 5.75 Å². The molecule has 1 saturated carbocycles. The fraction of sp³-hybridized carbons (Fsp3) is 0.611. The normalized spacial score (nSPS) is 20.3. The second kappa shape index (κ2) is 7.55. The Morgan fingerprint density at radius 1 is 1.25 bits per heavy atom. The minimum Gasteiger partial charge on any atom is -0.493 e. The average Bonchev–Trinajstić information content (AvgIpc) is 2.40. The van der Waals surface area contributed by atoms with Crippen molar-refractivity contribution < 1.29 is 17.9 Å². The zero-order valence-corrected chi connectivity index (χ0v) is 15.7. The molecule has 24 heavy (non-hydrogen) atoms. The maximum Gasteiger partial charge on any atom is 0.223 e. The average molecular weight is 353 g/mol. The molecule has 134 valence electrons. The molecule has 1 fully saturated rings. The summed E-state index contributed by atoms with van der Waals surface area (Å²) in [4.78, 5) is 11.9. The van der Waals surface area contributed by atoms with E-state index in [1.807, 2.05) is 26.8 Å². The summed E-state index contributed by atoms with van der Waals surface area (Å²) in [7, 11) is -2.93. The van der Waals surface area contributed by atoms with E-state index in [4.69, 9.17) is 4.74 Å². The van der Waals surface area contributed by atoms with Crippen LogP contribution in [0.4, 0.5) is 0 Å². The standard InChI is InChI=1S/C18H27NO4S/c1-12-7-13(2)14(3)17(8-12)23-6-5-18(20)19-11-15-9-16(10-15)24(4,21)22/h7-8,15-16H,5-6,9-11H2,1-4H3,(H,19,20). The molecule has 1 aromatic rings. The molecular formula is C18H27NO4S. The number of carbonyl (C=O) groups excluding carboxylic acids is 1. The van der Waals surface area contributed by atoms with Crippen molar-refractivity contribution in [3.05, 3.63) is 28.8 Å². The van der Waals surface area contributed by atoms with Gasteiger partial charge in [0.15, 0.2) is 0 Å².